The van der Waals surface area contributed by atoms with Gasteiger partial charge in [0.2, 0.25) is 0 Å². The Morgan fingerprint density at radius 3 is 1.26 bits per heavy atom. The zero-order chi connectivity index (χ0) is 42.3. The third kappa shape index (κ3) is 46.3. The number of phosphoric acid groups is 1. The van der Waals surface area contributed by atoms with Crippen LogP contribution in [0.1, 0.15) is 258 Å². The Balaban J connectivity index is 3.91. The van der Waals surface area contributed by atoms with Gasteiger partial charge in [0.1, 0.15) is 6.10 Å². The van der Waals surface area contributed by atoms with E-state index in [2.05, 4.69) is 26.0 Å². The summed E-state index contributed by atoms with van der Waals surface area (Å²) in [4.78, 5) is 22.6. The highest BCUT2D eigenvalue weighted by Crippen LogP contribution is 2.43. The maximum absolute atomic E-state index is 12.6. The molecule has 0 rings (SSSR count). The van der Waals surface area contributed by atoms with E-state index in [-0.39, 0.29) is 32.3 Å². The molecule has 9 heteroatoms. The molecule has 346 valence electrons. The molecule has 0 aliphatic rings. The fourth-order valence-electron chi connectivity index (χ4n) is 7.46. The van der Waals surface area contributed by atoms with Crippen LogP contribution in [-0.4, -0.2) is 49.9 Å². The number of allylic oxidation sites excluding steroid dienone is 2. The molecule has 0 fully saturated rings. The Hall–Kier alpha value is -0.760. The van der Waals surface area contributed by atoms with Gasteiger partial charge in [-0.15, -0.1) is 0 Å². The Labute approximate surface area is 360 Å². The minimum absolute atomic E-state index is 0.0924. The molecule has 0 heterocycles. The number of rotatable bonds is 49. The van der Waals surface area contributed by atoms with Crippen LogP contribution < -0.4 is 5.73 Å². The normalized spacial score (nSPS) is 13.4. The van der Waals surface area contributed by atoms with Crippen LogP contribution in [0.2, 0.25) is 0 Å². The summed E-state index contributed by atoms with van der Waals surface area (Å²) in [7, 11) is -4.28. The molecule has 0 radical (unpaired) electrons. The molecule has 0 aromatic carbocycles. The molecule has 0 bridgehead atoms. The van der Waals surface area contributed by atoms with Crippen molar-refractivity contribution in [3.8, 4) is 0 Å². The van der Waals surface area contributed by atoms with E-state index in [1.807, 2.05) is 0 Å². The highest BCUT2D eigenvalue weighted by Gasteiger charge is 2.25. The van der Waals surface area contributed by atoms with Crippen molar-refractivity contribution in [2.75, 3.05) is 33.0 Å². The predicted molar refractivity (Wildman–Crippen MR) is 247 cm³/mol. The van der Waals surface area contributed by atoms with Gasteiger partial charge < -0.3 is 20.1 Å². The van der Waals surface area contributed by atoms with Crippen molar-refractivity contribution in [2.45, 2.75) is 264 Å². The fraction of sp³-hybridized carbons (Fsp3) is 0.939. The maximum Gasteiger partial charge on any atom is 0.472 e. The molecular weight excluding hydrogens is 746 g/mol. The van der Waals surface area contributed by atoms with Crippen molar-refractivity contribution in [3.63, 3.8) is 0 Å². The van der Waals surface area contributed by atoms with Crippen LogP contribution in [0.15, 0.2) is 12.2 Å². The summed E-state index contributed by atoms with van der Waals surface area (Å²) in [5.41, 5.74) is 5.39. The van der Waals surface area contributed by atoms with Gasteiger partial charge >= 0.3 is 13.8 Å². The molecule has 0 aromatic heterocycles. The van der Waals surface area contributed by atoms with Crippen LogP contribution >= 0.6 is 7.82 Å². The number of unbranched alkanes of at least 4 members (excludes halogenated alkanes) is 34. The minimum atomic E-state index is -4.28. The summed E-state index contributed by atoms with van der Waals surface area (Å²) < 4.78 is 33.6. The van der Waals surface area contributed by atoms with Gasteiger partial charge in [-0.25, -0.2) is 4.57 Å². The summed E-state index contributed by atoms with van der Waals surface area (Å²) in [6.45, 7) is 4.98. The lowest BCUT2D eigenvalue weighted by atomic mass is 10.0. The van der Waals surface area contributed by atoms with Crippen molar-refractivity contribution in [2.24, 2.45) is 5.73 Å². The lowest BCUT2D eigenvalue weighted by Gasteiger charge is -2.20. The van der Waals surface area contributed by atoms with Gasteiger partial charge in [-0.05, 0) is 38.5 Å². The molecule has 0 spiro atoms. The van der Waals surface area contributed by atoms with Crippen LogP contribution in [0.4, 0.5) is 0 Å². The van der Waals surface area contributed by atoms with Gasteiger partial charge in [0, 0.05) is 19.6 Å². The molecule has 0 amide bonds. The molecule has 58 heavy (non-hydrogen) atoms. The third-order valence-corrected chi connectivity index (χ3v) is 12.2. The van der Waals surface area contributed by atoms with Crippen molar-refractivity contribution in [1.29, 1.82) is 0 Å². The molecule has 8 nitrogen and oxygen atoms in total. The highest BCUT2D eigenvalue weighted by atomic mass is 31.2. The molecule has 0 saturated heterocycles. The van der Waals surface area contributed by atoms with Gasteiger partial charge in [-0.2, -0.15) is 0 Å². The first-order valence-electron chi connectivity index (χ1n) is 25.2. The van der Waals surface area contributed by atoms with E-state index in [9.17, 15) is 14.3 Å². The summed E-state index contributed by atoms with van der Waals surface area (Å²) in [6, 6.07) is 0. The van der Waals surface area contributed by atoms with E-state index in [1.165, 1.54) is 205 Å². The first-order valence-corrected chi connectivity index (χ1v) is 26.7. The fourth-order valence-corrected chi connectivity index (χ4v) is 8.23. The second-order valence-corrected chi connectivity index (χ2v) is 18.5. The Morgan fingerprint density at radius 1 is 0.500 bits per heavy atom. The summed E-state index contributed by atoms with van der Waals surface area (Å²) in [5, 5.41) is 0. The van der Waals surface area contributed by atoms with E-state index < -0.39 is 13.9 Å². The number of hydrogen-bond acceptors (Lipinski definition) is 7. The zero-order valence-corrected chi connectivity index (χ0v) is 39.5. The van der Waals surface area contributed by atoms with Gasteiger partial charge in [0.05, 0.1) is 19.8 Å². The molecule has 0 aliphatic carbocycles. The number of carbonyl (C=O) groups excluding carboxylic acids is 1. The standard InChI is InChI=1S/C49H98NO7P/c1-3-5-7-9-11-13-15-17-19-21-23-24-25-26-28-30-32-34-36-38-40-42-49(51)57-48(47-56-58(52,53)55-45-43-50)46-54-44-41-39-37-35-33-31-29-27-22-20-18-16-14-12-10-8-6-4-2/h18,20,48H,3-17,19,21-47,50H2,1-2H3,(H,52,53)/b20-18-. The molecule has 0 saturated carbocycles. The lowest BCUT2D eigenvalue weighted by Crippen LogP contribution is -2.28. The Kier molecular flexibility index (Phi) is 46.7. The predicted octanol–water partition coefficient (Wildman–Crippen LogP) is 15.4. The molecule has 0 aromatic rings. The second kappa shape index (κ2) is 47.3. The van der Waals surface area contributed by atoms with E-state index >= 15 is 0 Å². The second-order valence-electron chi connectivity index (χ2n) is 17.0. The summed E-state index contributed by atoms with van der Waals surface area (Å²) >= 11 is 0. The zero-order valence-electron chi connectivity index (χ0n) is 38.6. The number of carbonyl (C=O) groups is 1. The van der Waals surface area contributed by atoms with Crippen molar-refractivity contribution < 1.29 is 32.8 Å². The van der Waals surface area contributed by atoms with E-state index in [0.717, 1.165) is 32.1 Å². The quantitative estimate of drug-likeness (QED) is 0.0269. The Bertz CT molecular complexity index is 904. The van der Waals surface area contributed by atoms with Crippen LogP contribution in [0.5, 0.6) is 0 Å². The van der Waals surface area contributed by atoms with Crippen LogP contribution in [-0.2, 0) is 27.9 Å². The smallest absolute Gasteiger partial charge is 0.457 e. The molecule has 2 unspecified atom stereocenters. The number of phosphoric ester groups is 1. The largest absolute Gasteiger partial charge is 0.472 e. The number of nitrogens with two attached hydrogens (primary N) is 1. The molecule has 3 N–H and O–H groups in total. The van der Waals surface area contributed by atoms with E-state index in [4.69, 9.17) is 24.3 Å². The first kappa shape index (κ1) is 57.2. The molecule has 0 aliphatic heterocycles. The number of esters is 1. The Morgan fingerprint density at radius 2 is 0.862 bits per heavy atom. The van der Waals surface area contributed by atoms with E-state index in [1.54, 1.807) is 0 Å². The topological polar surface area (TPSA) is 117 Å². The average molecular weight is 844 g/mol. The van der Waals surface area contributed by atoms with Crippen molar-refractivity contribution in [3.05, 3.63) is 12.2 Å². The van der Waals surface area contributed by atoms with Crippen molar-refractivity contribution >= 4 is 13.8 Å². The molecular formula is C49H98NO7P. The first-order chi connectivity index (χ1) is 28.4. The average Bonchev–Trinajstić information content (AvgIpc) is 3.21. The van der Waals surface area contributed by atoms with Gasteiger partial charge in [-0.3, -0.25) is 13.8 Å². The van der Waals surface area contributed by atoms with Crippen molar-refractivity contribution in [1.82, 2.24) is 0 Å². The van der Waals surface area contributed by atoms with Crippen LogP contribution in [0, 0.1) is 0 Å². The lowest BCUT2D eigenvalue weighted by molar-refractivity contribution is -0.154. The highest BCUT2D eigenvalue weighted by molar-refractivity contribution is 7.47. The summed E-state index contributed by atoms with van der Waals surface area (Å²) in [5.74, 6) is -0.324. The molecule has 2 atom stereocenters. The number of ether oxygens (including phenoxy) is 2. The minimum Gasteiger partial charge on any atom is -0.457 e. The SMILES string of the molecule is CCCCCCCC/C=C\CCCCCCCCCCOCC(COP(=O)(O)OCCN)OC(=O)CCCCCCCCCCCCCCCCCCCCCCC. The number of hydrogen-bond donors (Lipinski definition) is 2. The van der Waals surface area contributed by atoms with Crippen LogP contribution in [0.3, 0.4) is 0 Å². The van der Waals surface area contributed by atoms with Gasteiger partial charge in [0.15, 0.2) is 0 Å². The third-order valence-electron chi connectivity index (χ3n) is 11.2. The van der Waals surface area contributed by atoms with Crippen LogP contribution in [0.25, 0.3) is 0 Å². The van der Waals surface area contributed by atoms with Gasteiger partial charge in [0.25, 0.3) is 0 Å². The van der Waals surface area contributed by atoms with E-state index in [0.29, 0.717) is 13.0 Å². The monoisotopic (exact) mass is 844 g/mol. The van der Waals surface area contributed by atoms with Gasteiger partial charge in [-0.1, -0.05) is 225 Å². The maximum atomic E-state index is 12.6. The summed E-state index contributed by atoms with van der Waals surface area (Å²) in [6.07, 6.45) is 52.4.